The van der Waals surface area contributed by atoms with Crippen LogP contribution in [-0.4, -0.2) is 79.2 Å². The predicted octanol–water partition coefficient (Wildman–Crippen LogP) is 4.95. The Labute approximate surface area is 258 Å². The van der Waals surface area contributed by atoms with Crippen LogP contribution in [0.4, 0.5) is 14.4 Å². The molecule has 0 aliphatic heterocycles. The first-order valence-electron chi connectivity index (χ1n) is 15.0. The lowest BCUT2D eigenvalue weighted by Crippen LogP contribution is -2.52. The molecular formula is C30H58N4O9. The summed E-state index contributed by atoms with van der Waals surface area (Å²) in [6.07, 6.45) is 0.666. The van der Waals surface area contributed by atoms with E-state index in [0.29, 0.717) is 38.8 Å². The van der Waals surface area contributed by atoms with E-state index in [1.165, 1.54) is 7.11 Å². The molecule has 43 heavy (non-hydrogen) atoms. The highest BCUT2D eigenvalue weighted by molar-refractivity contribution is 5.89. The van der Waals surface area contributed by atoms with Crippen molar-refractivity contribution in [3.8, 4) is 0 Å². The normalized spacial score (nSPS) is 12.7. The van der Waals surface area contributed by atoms with Gasteiger partial charge in [0.1, 0.15) is 28.9 Å². The van der Waals surface area contributed by atoms with E-state index < -0.39 is 59.0 Å². The number of carbonyl (C=O) groups excluding carboxylic acids is 5. The molecule has 0 aliphatic carbocycles. The second-order valence-electron chi connectivity index (χ2n) is 12.6. The number of alkyl carbamates (subject to hydrolysis) is 3. The molecule has 0 fully saturated rings. The third-order valence-corrected chi connectivity index (χ3v) is 4.99. The van der Waals surface area contributed by atoms with Crippen LogP contribution in [0.25, 0.3) is 0 Å². The summed E-state index contributed by atoms with van der Waals surface area (Å²) < 4.78 is 20.5. The molecule has 0 aromatic rings. The van der Waals surface area contributed by atoms with Crippen LogP contribution in [0.15, 0.2) is 0 Å². The topological polar surface area (TPSA) is 170 Å². The minimum absolute atomic E-state index is 0.231. The zero-order chi connectivity index (χ0) is 33.9. The molecule has 4 N–H and O–H groups in total. The van der Waals surface area contributed by atoms with Crippen molar-refractivity contribution in [2.75, 3.05) is 20.2 Å². The number of ether oxygens (including phenoxy) is 4. The molecule has 0 aliphatic rings. The van der Waals surface area contributed by atoms with E-state index in [9.17, 15) is 24.0 Å². The fourth-order valence-electron chi connectivity index (χ4n) is 3.34. The van der Waals surface area contributed by atoms with Gasteiger partial charge in [0.2, 0.25) is 5.91 Å². The molecule has 0 aromatic heterocycles. The molecule has 0 heterocycles. The maximum Gasteiger partial charge on any atom is 0.408 e. The first-order valence-corrected chi connectivity index (χ1v) is 15.0. The molecule has 0 rings (SSSR count). The zero-order valence-corrected chi connectivity index (χ0v) is 28.5. The molecule has 0 spiro atoms. The minimum atomic E-state index is -0.993. The van der Waals surface area contributed by atoms with Gasteiger partial charge < -0.3 is 40.2 Å². The third-order valence-electron chi connectivity index (χ3n) is 4.99. The average molecular weight is 619 g/mol. The number of hydrogen-bond acceptors (Lipinski definition) is 9. The fraction of sp³-hybridized carbons (Fsp3) is 0.833. The molecule has 0 saturated heterocycles. The van der Waals surface area contributed by atoms with E-state index in [4.69, 9.17) is 18.9 Å². The van der Waals surface area contributed by atoms with Gasteiger partial charge in [0.15, 0.2) is 0 Å². The van der Waals surface area contributed by atoms with Crippen molar-refractivity contribution in [2.45, 2.75) is 144 Å². The van der Waals surface area contributed by atoms with Crippen LogP contribution in [0.2, 0.25) is 0 Å². The van der Waals surface area contributed by atoms with Crippen molar-refractivity contribution in [3.63, 3.8) is 0 Å². The van der Waals surface area contributed by atoms with Crippen molar-refractivity contribution in [3.05, 3.63) is 0 Å². The molecule has 2 unspecified atom stereocenters. The number of unbranched alkanes of at least 4 members (excludes halogenated alkanes) is 2. The van der Waals surface area contributed by atoms with Crippen molar-refractivity contribution in [1.82, 2.24) is 21.3 Å². The zero-order valence-electron chi connectivity index (χ0n) is 28.5. The standard InChI is InChI=1S/C28H52N4O9.C2H6/c1-26(2,3)39-23(35)29-17-13-11-15-19(32-25(37)41-28(7,8)9)21(33)31-20(22(34)38-10)16-12-14-18-30-24(36)40-27(4,5)6;1-2/h19-20H,11-18H2,1-10H3,(H,29,35)(H,30,36)(H,31,33)(H,32,37);1-2H3. The smallest absolute Gasteiger partial charge is 0.408 e. The van der Waals surface area contributed by atoms with Crippen molar-refractivity contribution < 1.29 is 42.9 Å². The quantitative estimate of drug-likeness (QED) is 0.119. The molecule has 0 saturated carbocycles. The van der Waals surface area contributed by atoms with Crippen LogP contribution in [0.3, 0.4) is 0 Å². The number of rotatable bonds is 14. The molecule has 0 bridgehead atoms. The van der Waals surface area contributed by atoms with Crippen LogP contribution in [0.1, 0.15) is 115 Å². The highest BCUT2D eigenvalue weighted by Gasteiger charge is 2.28. The van der Waals surface area contributed by atoms with Crippen LogP contribution in [-0.2, 0) is 28.5 Å². The molecule has 4 amide bonds. The summed E-state index contributed by atoms with van der Waals surface area (Å²) >= 11 is 0. The van der Waals surface area contributed by atoms with Gasteiger partial charge in [0, 0.05) is 13.1 Å². The van der Waals surface area contributed by atoms with Crippen molar-refractivity contribution in [1.29, 1.82) is 0 Å². The molecule has 2 atom stereocenters. The Morgan fingerprint density at radius 1 is 0.558 bits per heavy atom. The molecule has 252 valence electrons. The van der Waals surface area contributed by atoms with Gasteiger partial charge in [0.05, 0.1) is 7.11 Å². The summed E-state index contributed by atoms with van der Waals surface area (Å²) in [6, 6.07) is -1.95. The molecule has 0 radical (unpaired) electrons. The number of amides is 4. The minimum Gasteiger partial charge on any atom is -0.467 e. The summed E-state index contributed by atoms with van der Waals surface area (Å²) in [7, 11) is 1.22. The molecule has 13 nitrogen and oxygen atoms in total. The molecule has 0 aromatic carbocycles. The second kappa shape index (κ2) is 20.6. The Hall–Kier alpha value is -3.25. The maximum atomic E-state index is 13.2. The Morgan fingerprint density at radius 2 is 0.930 bits per heavy atom. The van der Waals surface area contributed by atoms with Gasteiger partial charge in [-0.1, -0.05) is 13.8 Å². The summed E-state index contributed by atoms with van der Waals surface area (Å²) in [5.74, 6) is -1.20. The Morgan fingerprint density at radius 3 is 1.30 bits per heavy atom. The van der Waals surface area contributed by atoms with Gasteiger partial charge >= 0.3 is 24.2 Å². The average Bonchev–Trinajstić information content (AvgIpc) is 2.84. The number of esters is 1. The van der Waals surface area contributed by atoms with Crippen LogP contribution in [0, 0.1) is 0 Å². The predicted molar refractivity (Wildman–Crippen MR) is 165 cm³/mol. The van der Waals surface area contributed by atoms with Gasteiger partial charge in [-0.3, -0.25) is 4.79 Å². The van der Waals surface area contributed by atoms with Gasteiger partial charge in [0.25, 0.3) is 0 Å². The van der Waals surface area contributed by atoms with Gasteiger partial charge in [-0.15, -0.1) is 0 Å². The maximum absolute atomic E-state index is 13.2. The van der Waals surface area contributed by atoms with Crippen molar-refractivity contribution in [2.24, 2.45) is 0 Å². The third kappa shape index (κ3) is 25.0. The second-order valence-corrected chi connectivity index (χ2v) is 12.6. The lowest BCUT2D eigenvalue weighted by Gasteiger charge is -2.25. The number of hydrogen-bond donors (Lipinski definition) is 4. The SMILES string of the molecule is CC.COC(=O)C(CCCCNC(=O)OC(C)(C)C)NC(=O)C(CCCCNC(=O)OC(C)(C)C)NC(=O)OC(C)(C)C. The van der Waals surface area contributed by atoms with E-state index in [0.717, 1.165) is 0 Å². The fourth-order valence-corrected chi connectivity index (χ4v) is 3.34. The van der Waals surface area contributed by atoms with E-state index >= 15 is 0 Å². The first-order chi connectivity index (χ1) is 19.7. The number of nitrogens with one attached hydrogen (secondary N) is 4. The van der Waals surface area contributed by atoms with Crippen LogP contribution < -0.4 is 21.3 Å². The summed E-state index contributed by atoms with van der Waals surface area (Å²) in [4.78, 5) is 61.6. The summed E-state index contributed by atoms with van der Waals surface area (Å²) in [6.45, 7) is 20.3. The molecule has 13 heteroatoms. The van der Waals surface area contributed by atoms with Crippen LogP contribution in [0.5, 0.6) is 0 Å². The van der Waals surface area contributed by atoms with E-state index in [2.05, 4.69) is 21.3 Å². The van der Waals surface area contributed by atoms with Crippen LogP contribution >= 0.6 is 0 Å². The van der Waals surface area contributed by atoms with Gasteiger partial charge in [-0.05, 0) is 101 Å². The Bertz CT molecular complexity index is 859. The monoisotopic (exact) mass is 618 g/mol. The Balaban J connectivity index is 0. The van der Waals surface area contributed by atoms with Crippen molar-refractivity contribution >= 4 is 30.2 Å². The van der Waals surface area contributed by atoms with E-state index in [1.54, 1.807) is 62.3 Å². The summed E-state index contributed by atoms with van der Waals surface area (Å²) in [5, 5.41) is 10.5. The van der Waals surface area contributed by atoms with Gasteiger partial charge in [-0.2, -0.15) is 0 Å². The lowest BCUT2D eigenvalue weighted by molar-refractivity contribution is -0.145. The summed E-state index contributed by atoms with van der Waals surface area (Å²) in [5.41, 5.74) is -2.00. The lowest BCUT2D eigenvalue weighted by atomic mass is 10.1. The molecular weight excluding hydrogens is 560 g/mol. The first kappa shape index (κ1) is 41.9. The number of methoxy groups -OCH3 is 1. The van der Waals surface area contributed by atoms with Gasteiger partial charge in [-0.25, -0.2) is 19.2 Å². The Kier molecular flexibility index (Phi) is 20.1. The largest absolute Gasteiger partial charge is 0.467 e. The van der Waals surface area contributed by atoms with E-state index in [-0.39, 0.29) is 12.8 Å². The highest BCUT2D eigenvalue weighted by atomic mass is 16.6. The van der Waals surface area contributed by atoms with E-state index in [1.807, 2.05) is 13.8 Å². The number of carbonyl (C=O) groups is 5. The highest BCUT2D eigenvalue weighted by Crippen LogP contribution is 2.11.